The maximum absolute atomic E-state index is 5.65. The SMILES string of the molecule is Cc1c(C(C)N)ncn1C. The lowest BCUT2D eigenvalue weighted by Gasteiger charge is -2.02. The number of hydrogen-bond donors (Lipinski definition) is 1. The monoisotopic (exact) mass is 139 g/mol. The largest absolute Gasteiger partial charge is 0.338 e. The van der Waals surface area contributed by atoms with E-state index in [-0.39, 0.29) is 6.04 Å². The molecule has 2 N–H and O–H groups in total. The van der Waals surface area contributed by atoms with Crippen LogP contribution in [0.25, 0.3) is 0 Å². The van der Waals surface area contributed by atoms with E-state index in [1.54, 1.807) is 6.33 Å². The third-order valence-electron chi connectivity index (χ3n) is 1.70. The Hall–Kier alpha value is -0.830. The van der Waals surface area contributed by atoms with E-state index in [2.05, 4.69) is 4.98 Å². The van der Waals surface area contributed by atoms with Crippen molar-refractivity contribution in [1.29, 1.82) is 0 Å². The Morgan fingerprint density at radius 3 is 2.50 bits per heavy atom. The highest BCUT2D eigenvalue weighted by Gasteiger charge is 2.06. The molecule has 0 aliphatic heterocycles. The van der Waals surface area contributed by atoms with Crippen molar-refractivity contribution in [2.24, 2.45) is 12.8 Å². The van der Waals surface area contributed by atoms with E-state index in [0.29, 0.717) is 0 Å². The van der Waals surface area contributed by atoms with Crippen molar-refractivity contribution in [3.05, 3.63) is 17.7 Å². The molecule has 0 aliphatic carbocycles. The van der Waals surface area contributed by atoms with Gasteiger partial charge in [0.25, 0.3) is 0 Å². The Morgan fingerprint density at radius 1 is 1.70 bits per heavy atom. The molecular formula is C7H13N3. The summed E-state index contributed by atoms with van der Waals surface area (Å²) in [5.41, 5.74) is 7.79. The molecule has 1 unspecified atom stereocenters. The topological polar surface area (TPSA) is 43.8 Å². The maximum Gasteiger partial charge on any atom is 0.0949 e. The Morgan fingerprint density at radius 2 is 2.30 bits per heavy atom. The van der Waals surface area contributed by atoms with Crippen molar-refractivity contribution in [3.8, 4) is 0 Å². The first-order valence-corrected chi connectivity index (χ1v) is 3.36. The van der Waals surface area contributed by atoms with Gasteiger partial charge < -0.3 is 10.3 Å². The van der Waals surface area contributed by atoms with Gasteiger partial charge in [-0.05, 0) is 13.8 Å². The molecule has 1 aromatic rings. The molecule has 1 heterocycles. The minimum absolute atomic E-state index is 0.0428. The van der Waals surface area contributed by atoms with Crippen molar-refractivity contribution in [2.45, 2.75) is 19.9 Å². The number of nitrogens with zero attached hydrogens (tertiary/aromatic N) is 2. The molecule has 3 heteroatoms. The second-order valence-corrected chi connectivity index (χ2v) is 2.61. The maximum atomic E-state index is 5.65. The fourth-order valence-electron chi connectivity index (χ4n) is 0.957. The third-order valence-corrected chi connectivity index (χ3v) is 1.70. The van der Waals surface area contributed by atoms with Gasteiger partial charge in [0.2, 0.25) is 0 Å². The first-order chi connectivity index (χ1) is 4.63. The number of nitrogens with two attached hydrogens (primary N) is 1. The van der Waals surface area contributed by atoms with Crippen LogP contribution in [0.1, 0.15) is 24.4 Å². The molecule has 3 nitrogen and oxygen atoms in total. The van der Waals surface area contributed by atoms with E-state index in [9.17, 15) is 0 Å². The molecule has 0 aromatic carbocycles. The summed E-state index contributed by atoms with van der Waals surface area (Å²) in [6, 6.07) is 0.0428. The number of aromatic nitrogens is 2. The van der Waals surface area contributed by atoms with Crippen LogP contribution in [0.3, 0.4) is 0 Å². The first kappa shape index (κ1) is 7.28. The van der Waals surface area contributed by atoms with Gasteiger partial charge in [0, 0.05) is 18.8 Å². The fraction of sp³-hybridized carbons (Fsp3) is 0.571. The lowest BCUT2D eigenvalue weighted by molar-refractivity contribution is 0.771. The fourth-order valence-corrected chi connectivity index (χ4v) is 0.957. The highest BCUT2D eigenvalue weighted by atomic mass is 15.0. The van der Waals surface area contributed by atoms with E-state index in [4.69, 9.17) is 5.73 Å². The van der Waals surface area contributed by atoms with Gasteiger partial charge in [0.05, 0.1) is 12.0 Å². The molecular weight excluding hydrogens is 126 g/mol. The lowest BCUT2D eigenvalue weighted by Crippen LogP contribution is -2.07. The van der Waals surface area contributed by atoms with Crippen LogP contribution in [-0.2, 0) is 7.05 Å². The minimum atomic E-state index is 0.0428. The Balaban J connectivity index is 3.05. The molecule has 0 saturated carbocycles. The summed E-state index contributed by atoms with van der Waals surface area (Å²) in [7, 11) is 1.97. The smallest absolute Gasteiger partial charge is 0.0949 e. The second-order valence-electron chi connectivity index (χ2n) is 2.61. The number of rotatable bonds is 1. The van der Waals surface area contributed by atoms with Crippen LogP contribution in [-0.4, -0.2) is 9.55 Å². The molecule has 0 fully saturated rings. The molecule has 0 bridgehead atoms. The van der Waals surface area contributed by atoms with Crippen molar-refractivity contribution in [1.82, 2.24) is 9.55 Å². The van der Waals surface area contributed by atoms with E-state index >= 15 is 0 Å². The van der Waals surface area contributed by atoms with Crippen LogP contribution in [0.4, 0.5) is 0 Å². The first-order valence-electron chi connectivity index (χ1n) is 3.36. The van der Waals surface area contributed by atoms with E-state index in [0.717, 1.165) is 11.4 Å². The predicted octanol–water partition coefficient (Wildman–Crippen LogP) is 0.748. The average Bonchev–Trinajstić information content (AvgIpc) is 2.14. The lowest BCUT2D eigenvalue weighted by atomic mass is 10.2. The minimum Gasteiger partial charge on any atom is -0.338 e. The van der Waals surface area contributed by atoms with Gasteiger partial charge in [-0.1, -0.05) is 0 Å². The van der Waals surface area contributed by atoms with Crippen LogP contribution < -0.4 is 5.73 Å². The van der Waals surface area contributed by atoms with Crippen molar-refractivity contribution >= 4 is 0 Å². The van der Waals surface area contributed by atoms with Crippen LogP contribution in [0.2, 0.25) is 0 Å². The van der Waals surface area contributed by atoms with Crippen LogP contribution >= 0.6 is 0 Å². The molecule has 0 saturated heterocycles. The quantitative estimate of drug-likeness (QED) is 0.624. The molecule has 1 aromatic heterocycles. The summed E-state index contributed by atoms with van der Waals surface area (Å²) in [6.45, 7) is 3.96. The highest BCUT2D eigenvalue weighted by molar-refractivity contribution is 5.13. The number of imidazole rings is 1. The average molecular weight is 139 g/mol. The molecule has 0 aliphatic rings. The zero-order chi connectivity index (χ0) is 7.72. The van der Waals surface area contributed by atoms with E-state index in [1.807, 2.05) is 25.5 Å². The number of aryl methyl sites for hydroxylation is 1. The Bertz CT molecular complexity index is 225. The van der Waals surface area contributed by atoms with Crippen LogP contribution in [0.15, 0.2) is 6.33 Å². The zero-order valence-corrected chi connectivity index (χ0v) is 6.63. The Kier molecular flexibility index (Phi) is 1.76. The summed E-state index contributed by atoms with van der Waals surface area (Å²) in [6.07, 6.45) is 1.79. The van der Waals surface area contributed by atoms with Gasteiger partial charge in [0.1, 0.15) is 0 Å². The Labute approximate surface area is 60.9 Å². The predicted molar refractivity (Wildman–Crippen MR) is 40.5 cm³/mol. The van der Waals surface area contributed by atoms with Gasteiger partial charge >= 0.3 is 0 Å². The molecule has 1 atom stereocenters. The molecule has 56 valence electrons. The summed E-state index contributed by atoms with van der Waals surface area (Å²) in [5, 5.41) is 0. The van der Waals surface area contributed by atoms with E-state index < -0.39 is 0 Å². The van der Waals surface area contributed by atoms with Gasteiger partial charge in [0.15, 0.2) is 0 Å². The van der Waals surface area contributed by atoms with Gasteiger partial charge in [-0.15, -0.1) is 0 Å². The van der Waals surface area contributed by atoms with Gasteiger partial charge in [-0.2, -0.15) is 0 Å². The standard InChI is InChI=1S/C7H13N3/c1-5(8)7-6(2)10(3)4-9-7/h4-5H,8H2,1-3H3. The molecule has 0 spiro atoms. The van der Waals surface area contributed by atoms with Crippen LogP contribution in [0, 0.1) is 6.92 Å². The third kappa shape index (κ3) is 1.04. The normalized spacial score (nSPS) is 13.6. The van der Waals surface area contributed by atoms with Crippen LogP contribution in [0.5, 0.6) is 0 Å². The summed E-state index contributed by atoms with van der Waals surface area (Å²) in [4.78, 5) is 4.15. The zero-order valence-electron chi connectivity index (χ0n) is 6.63. The summed E-state index contributed by atoms with van der Waals surface area (Å²) < 4.78 is 1.97. The van der Waals surface area contributed by atoms with Crippen molar-refractivity contribution in [2.75, 3.05) is 0 Å². The van der Waals surface area contributed by atoms with Gasteiger partial charge in [-0.3, -0.25) is 0 Å². The van der Waals surface area contributed by atoms with Crippen molar-refractivity contribution < 1.29 is 0 Å². The summed E-state index contributed by atoms with van der Waals surface area (Å²) in [5.74, 6) is 0. The van der Waals surface area contributed by atoms with Crippen molar-refractivity contribution in [3.63, 3.8) is 0 Å². The molecule has 1 rings (SSSR count). The number of hydrogen-bond acceptors (Lipinski definition) is 2. The summed E-state index contributed by atoms with van der Waals surface area (Å²) >= 11 is 0. The molecule has 0 radical (unpaired) electrons. The second kappa shape index (κ2) is 2.42. The molecule has 10 heavy (non-hydrogen) atoms. The highest BCUT2D eigenvalue weighted by Crippen LogP contribution is 2.10. The van der Waals surface area contributed by atoms with Gasteiger partial charge in [-0.25, -0.2) is 4.98 Å². The van der Waals surface area contributed by atoms with E-state index in [1.165, 1.54) is 0 Å². The molecule has 0 amide bonds.